The monoisotopic (exact) mass is 378 g/mol. The van der Waals surface area contributed by atoms with Gasteiger partial charge in [-0.15, -0.1) is 0 Å². The fraction of sp³-hybridized carbons (Fsp3) is 0.421. The second kappa shape index (κ2) is 7.34. The first-order chi connectivity index (χ1) is 12.4. The second-order valence-electron chi connectivity index (χ2n) is 6.70. The van der Waals surface area contributed by atoms with Crippen LogP contribution in [-0.4, -0.2) is 33.1 Å². The Morgan fingerprint density at radius 3 is 2.65 bits per heavy atom. The molecule has 0 amide bonds. The summed E-state index contributed by atoms with van der Waals surface area (Å²) >= 11 is 0. The van der Waals surface area contributed by atoms with Crippen molar-refractivity contribution in [2.45, 2.75) is 24.7 Å². The van der Waals surface area contributed by atoms with Crippen LogP contribution in [0.5, 0.6) is 5.75 Å². The van der Waals surface area contributed by atoms with Gasteiger partial charge in [0.05, 0.1) is 12.0 Å². The molecule has 2 aromatic rings. The molecule has 26 heavy (non-hydrogen) atoms. The number of ether oxygens (including phenoxy) is 1. The molecule has 3 N–H and O–H groups in total. The number of nitrogens with one attached hydrogen (secondary N) is 1. The zero-order chi connectivity index (χ0) is 18.9. The van der Waals surface area contributed by atoms with Crippen LogP contribution in [0.2, 0.25) is 0 Å². The van der Waals surface area contributed by atoms with E-state index in [1.807, 2.05) is 6.07 Å². The lowest BCUT2D eigenvalue weighted by Crippen LogP contribution is -2.18. The number of aromatic nitrogens is 1. The Hall–Kier alpha value is -1.96. The van der Waals surface area contributed by atoms with Gasteiger partial charge in [-0.05, 0) is 49.9 Å². The van der Waals surface area contributed by atoms with Gasteiger partial charge < -0.3 is 14.6 Å². The zero-order valence-electron chi connectivity index (χ0n) is 15.4. The normalized spacial score (nSPS) is 15.0. The number of hydrogen-bond acceptors (Lipinski definition) is 5. The molecule has 0 spiro atoms. The highest BCUT2D eigenvalue weighted by Crippen LogP contribution is 2.49. The van der Waals surface area contributed by atoms with E-state index in [1.165, 1.54) is 24.5 Å². The Morgan fingerprint density at radius 2 is 2.04 bits per heavy atom. The minimum Gasteiger partial charge on any atom is -0.491 e. The standard InChI is InChI=1S/C19H26N2O4S/c1-4-26(23,24)15-7-8-17(20-11-13-5-6-13)16(10-15)14-9-18(25-3)19(22)21(2)12-14/h7-10,12-13,20,23-24H,4-6,11H2,1-3H3. The summed E-state index contributed by atoms with van der Waals surface area (Å²) in [6.45, 7) is 2.64. The third kappa shape index (κ3) is 3.90. The number of hydrogen-bond donors (Lipinski definition) is 3. The molecule has 0 unspecified atom stereocenters. The van der Waals surface area contributed by atoms with Crippen molar-refractivity contribution in [2.75, 3.05) is 24.7 Å². The van der Waals surface area contributed by atoms with Crippen molar-refractivity contribution < 1.29 is 13.8 Å². The predicted molar refractivity (Wildman–Crippen MR) is 107 cm³/mol. The molecule has 0 bridgehead atoms. The van der Waals surface area contributed by atoms with Crippen LogP contribution in [0.25, 0.3) is 11.1 Å². The molecule has 142 valence electrons. The Morgan fingerprint density at radius 1 is 1.31 bits per heavy atom. The minimum atomic E-state index is -2.83. The summed E-state index contributed by atoms with van der Waals surface area (Å²) in [5.74, 6) is 1.22. The van der Waals surface area contributed by atoms with Crippen LogP contribution in [0.15, 0.2) is 40.2 Å². The second-order valence-corrected chi connectivity index (χ2v) is 9.08. The summed E-state index contributed by atoms with van der Waals surface area (Å²) < 4.78 is 27.3. The third-order valence-corrected chi connectivity index (χ3v) is 6.54. The van der Waals surface area contributed by atoms with Gasteiger partial charge in [-0.1, -0.05) is 0 Å². The lowest BCUT2D eigenvalue weighted by molar-refractivity contribution is 0.405. The van der Waals surface area contributed by atoms with E-state index in [0.717, 1.165) is 23.4 Å². The number of pyridine rings is 1. The molecule has 1 aromatic heterocycles. The van der Waals surface area contributed by atoms with Crippen molar-refractivity contribution in [2.24, 2.45) is 13.0 Å². The molecule has 1 aliphatic rings. The maximum Gasteiger partial charge on any atom is 0.292 e. The molecule has 1 aliphatic carbocycles. The fourth-order valence-corrected chi connectivity index (χ4v) is 3.76. The highest BCUT2D eigenvalue weighted by Gasteiger charge is 2.22. The first-order valence-corrected chi connectivity index (χ1v) is 10.5. The number of nitrogens with zero attached hydrogens (tertiary/aromatic N) is 1. The van der Waals surface area contributed by atoms with Crippen LogP contribution in [0.1, 0.15) is 19.8 Å². The molecule has 7 heteroatoms. The van der Waals surface area contributed by atoms with Gasteiger partial charge in [-0.3, -0.25) is 13.9 Å². The highest BCUT2D eigenvalue weighted by atomic mass is 32.3. The summed E-state index contributed by atoms with van der Waals surface area (Å²) in [6.07, 6.45) is 4.22. The number of benzene rings is 1. The molecule has 6 nitrogen and oxygen atoms in total. The van der Waals surface area contributed by atoms with Crippen molar-refractivity contribution in [3.8, 4) is 16.9 Å². The predicted octanol–water partition coefficient (Wildman–Crippen LogP) is 4.01. The van der Waals surface area contributed by atoms with Crippen LogP contribution in [0, 0.1) is 5.92 Å². The zero-order valence-corrected chi connectivity index (χ0v) is 16.2. The Balaban J connectivity index is 2.10. The van der Waals surface area contributed by atoms with E-state index in [2.05, 4.69) is 5.32 Å². The van der Waals surface area contributed by atoms with Crippen LogP contribution < -0.4 is 15.6 Å². The van der Waals surface area contributed by atoms with Crippen molar-refractivity contribution in [3.63, 3.8) is 0 Å². The van der Waals surface area contributed by atoms with Crippen LogP contribution >= 0.6 is 10.6 Å². The van der Waals surface area contributed by atoms with Gasteiger partial charge >= 0.3 is 0 Å². The van der Waals surface area contributed by atoms with E-state index in [1.54, 1.807) is 38.4 Å². The van der Waals surface area contributed by atoms with Crippen molar-refractivity contribution in [1.29, 1.82) is 0 Å². The highest BCUT2D eigenvalue weighted by molar-refractivity contribution is 8.24. The summed E-state index contributed by atoms with van der Waals surface area (Å²) in [6, 6.07) is 7.14. The molecule has 1 aromatic carbocycles. The number of aryl methyl sites for hydroxylation is 1. The Bertz CT molecular complexity index is 859. The molecule has 1 fully saturated rings. The summed E-state index contributed by atoms with van der Waals surface area (Å²) in [5.41, 5.74) is 2.31. The SMILES string of the molecule is CCS(O)(O)c1ccc(NCC2CC2)c(-c2cc(OC)c(=O)n(C)c2)c1. The summed E-state index contributed by atoms with van der Waals surface area (Å²) in [7, 11) is 0.319. The van der Waals surface area contributed by atoms with Crippen molar-refractivity contribution >= 4 is 16.3 Å². The first-order valence-electron chi connectivity index (χ1n) is 8.74. The van der Waals surface area contributed by atoms with Gasteiger partial charge in [-0.2, -0.15) is 10.6 Å². The van der Waals surface area contributed by atoms with E-state index in [0.29, 0.717) is 10.8 Å². The molecule has 1 saturated carbocycles. The topological polar surface area (TPSA) is 83.7 Å². The van der Waals surface area contributed by atoms with Crippen molar-refractivity contribution in [1.82, 2.24) is 4.57 Å². The Labute approximate surface area is 155 Å². The van der Waals surface area contributed by atoms with Gasteiger partial charge in [0, 0.05) is 42.4 Å². The molecule has 0 atom stereocenters. The summed E-state index contributed by atoms with van der Waals surface area (Å²) in [4.78, 5) is 12.6. The number of anilines is 1. The average Bonchev–Trinajstić information content (AvgIpc) is 3.46. The largest absolute Gasteiger partial charge is 0.491 e. The van der Waals surface area contributed by atoms with Gasteiger partial charge in [-0.25, -0.2) is 0 Å². The summed E-state index contributed by atoms with van der Waals surface area (Å²) in [5, 5.41) is 3.46. The van der Waals surface area contributed by atoms with E-state index in [4.69, 9.17) is 4.74 Å². The Kier molecular flexibility index (Phi) is 5.32. The van der Waals surface area contributed by atoms with Crippen molar-refractivity contribution in [3.05, 3.63) is 40.8 Å². The van der Waals surface area contributed by atoms with Crippen LogP contribution in [-0.2, 0) is 7.05 Å². The third-order valence-electron chi connectivity index (χ3n) is 4.73. The maximum atomic E-state index is 12.1. The smallest absolute Gasteiger partial charge is 0.292 e. The first kappa shape index (κ1) is 18.8. The molecule has 1 heterocycles. The van der Waals surface area contributed by atoms with Gasteiger partial charge in [0.15, 0.2) is 5.75 Å². The molecule has 0 aliphatic heterocycles. The van der Waals surface area contributed by atoms with Crippen LogP contribution in [0.3, 0.4) is 0 Å². The maximum absolute atomic E-state index is 12.1. The van der Waals surface area contributed by atoms with E-state index >= 15 is 0 Å². The molecule has 3 rings (SSSR count). The number of rotatable bonds is 7. The van der Waals surface area contributed by atoms with E-state index in [9.17, 15) is 13.9 Å². The van der Waals surface area contributed by atoms with Gasteiger partial charge in [0.25, 0.3) is 5.56 Å². The quantitative estimate of drug-likeness (QED) is 0.678. The van der Waals surface area contributed by atoms with E-state index < -0.39 is 10.6 Å². The fourth-order valence-electron chi connectivity index (χ4n) is 2.84. The molecular formula is C19H26N2O4S. The van der Waals surface area contributed by atoms with Crippen LogP contribution in [0.4, 0.5) is 5.69 Å². The lowest BCUT2D eigenvalue weighted by atomic mass is 10.0. The lowest BCUT2D eigenvalue weighted by Gasteiger charge is -2.31. The molecular weight excluding hydrogens is 352 g/mol. The average molecular weight is 378 g/mol. The molecule has 0 saturated heterocycles. The number of methoxy groups -OCH3 is 1. The van der Waals surface area contributed by atoms with Gasteiger partial charge in [0.1, 0.15) is 0 Å². The van der Waals surface area contributed by atoms with Gasteiger partial charge in [0.2, 0.25) is 0 Å². The molecule has 0 radical (unpaired) electrons. The minimum absolute atomic E-state index is 0.210. The van der Waals surface area contributed by atoms with E-state index in [-0.39, 0.29) is 17.1 Å².